The summed E-state index contributed by atoms with van der Waals surface area (Å²) in [6.07, 6.45) is 7.63. The number of rotatable bonds is 5. The van der Waals surface area contributed by atoms with Crippen molar-refractivity contribution in [3.05, 3.63) is 83.9 Å². The molecule has 0 aliphatic carbocycles. The van der Waals surface area contributed by atoms with Crippen LogP contribution in [0.5, 0.6) is 0 Å². The van der Waals surface area contributed by atoms with Crippen LogP contribution >= 0.6 is 0 Å². The molecule has 0 fully saturated rings. The Labute approximate surface area is 135 Å². The number of pyridine rings is 2. The number of aliphatic hydroxyl groups excluding tert-OH is 2. The molecule has 0 saturated heterocycles. The fraction of sp³-hybridized carbons (Fsp3) is 0.158. The number of aromatic nitrogens is 2. The van der Waals surface area contributed by atoms with Crippen molar-refractivity contribution in [2.75, 3.05) is 0 Å². The van der Waals surface area contributed by atoms with E-state index >= 15 is 0 Å². The van der Waals surface area contributed by atoms with Crippen LogP contribution in [0.4, 0.5) is 0 Å². The Morgan fingerprint density at radius 2 is 1.26 bits per heavy atom. The topological polar surface area (TPSA) is 57.2 Å². The molecule has 4 nitrogen and oxygen atoms in total. The molecule has 0 aliphatic rings. The number of hydrogen-bond acceptors (Lipinski definition) is 3. The maximum absolute atomic E-state index is 9.32. The summed E-state index contributed by atoms with van der Waals surface area (Å²) < 4.78 is 2.07. The van der Waals surface area contributed by atoms with Gasteiger partial charge < -0.3 is 10.2 Å². The molecule has 2 N–H and O–H groups in total. The van der Waals surface area contributed by atoms with Crippen LogP contribution in [0.25, 0.3) is 11.1 Å². The molecule has 0 atom stereocenters. The zero-order chi connectivity index (χ0) is 16.1. The Bertz CT molecular complexity index is 749. The highest BCUT2D eigenvalue weighted by molar-refractivity contribution is 5.61. The lowest BCUT2D eigenvalue weighted by molar-refractivity contribution is -0.688. The van der Waals surface area contributed by atoms with E-state index in [2.05, 4.69) is 21.7 Å². The van der Waals surface area contributed by atoms with Gasteiger partial charge in [0.1, 0.15) is 0 Å². The number of benzene rings is 1. The van der Waals surface area contributed by atoms with Gasteiger partial charge in [-0.2, -0.15) is 0 Å². The van der Waals surface area contributed by atoms with E-state index in [0.29, 0.717) is 6.54 Å². The zero-order valence-electron chi connectivity index (χ0n) is 12.8. The van der Waals surface area contributed by atoms with Crippen molar-refractivity contribution >= 4 is 0 Å². The molecule has 3 aromatic rings. The summed E-state index contributed by atoms with van der Waals surface area (Å²) in [5, 5.41) is 18.6. The minimum absolute atomic E-state index is 0.0213. The van der Waals surface area contributed by atoms with Gasteiger partial charge >= 0.3 is 0 Å². The molecule has 0 amide bonds. The summed E-state index contributed by atoms with van der Waals surface area (Å²) in [4.78, 5) is 4.03. The first-order valence-electron chi connectivity index (χ1n) is 7.51. The summed E-state index contributed by atoms with van der Waals surface area (Å²) in [5.41, 5.74) is 4.98. The Kier molecular flexibility index (Phi) is 4.76. The van der Waals surface area contributed by atoms with Crippen LogP contribution in [0, 0.1) is 0 Å². The minimum Gasteiger partial charge on any atom is -0.392 e. The van der Waals surface area contributed by atoms with E-state index in [9.17, 15) is 10.2 Å². The summed E-state index contributed by atoms with van der Waals surface area (Å²) in [6.45, 7) is 0.649. The molecule has 23 heavy (non-hydrogen) atoms. The number of aliphatic hydroxyl groups is 2. The quantitative estimate of drug-likeness (QED) is 0.710. The molecule has 0 aliphatic heterocycles. The molecule has 0 unspecified atom stereocenters. The lowest BCUT2D eigenvalue weighted by Crippen LogP contribution is -2.33. The van der Waals surface area contributed by atoms with Crippen LogP contribution in [-0.2, 0) is 19.8 Å². The van der Waals surface area contributed by atoms with Gasteiger partial charge in [0.05, 0.1) is 13.2 Å². The Morgan fingerprint density at radius 1 is 0.739 bits per heavy atom. The predicted octanol–water partition coefficient (Wildman–Crippen LogP) is 2.07. The average molecular weight is 307 g/mol. The lowest BCUT2D eigenvalue weighted by Gasteiger charge is -2.05. The molecule has 2 heterocycles. The minimum atomic E-state index is -0.0213. The molecule has 2 aromatic heterocycles. The second-order valence-electron chi connectivity index (χ2n) is 5.47. The highest BCUT2D eigenvalue weighted by Crippen LogP contribution is 2.16. The zero-order valence-corrected chi connectivity index (χ0v) is 12.8. The average Bonchev–Trinajstić information content (AvgIpc) is 2.62. The summed E-state index contributed by atoms with van der Waals surface area (Å²) in [6, 6.07) is 13.8. The maximum atomic E-state index is 9.32. The Balaban J connectivity index is 1.81. The smallest absolute Gasteiger partial charge is 0.173 e. The fourth-order valence-electron chi connectivity index (χ4n) is 2.62. The normalized spacial score (nSPS) is 10.7. The molecular formula is C19H19N2O2+. The van der Waals surface area contributed by atoms with E-state index in [0.717, 1.165) is 27.8 Å². The van der Waals surface area contributed by atoms with Crippen LogP contribution in [0.3, 0.4) is 0 Å². The van der Waals surface area contributed by atoms with Crippen LogP contribution in [0.1, 0.15) is 16.7 Å². The third-order valence-corrected chi connectivity index (χ3v) is 3.75. The SMILES string of the molecule is OCc1cc(CO)cc(C[n+]2ccc(-c3ccncc3)cc2)c1. The van der Waals surface area contributed by atoms with E-state index in [1.807, 2.05) is 42.7 Å². The van der Waals surface area contributed by atoms with Gasteiger partial charge in [0.2, 0.25) is 0 Å². The van der Waals surface area contributed by atoms with Gasteiger partial charge in [-0.15, -0.1) is 0 Å². The van der Waals surface area contributed by atoms with Crippen LogP contribution in [-0.4, -0.2) is 15.2 Å². The summed E-state index contributed by atoms with van der Waals surface area (Å²) in [5.74, 6) is 0. The van der Waals surface area contributed by atoms with Gasteiger partial charge in [-0.3, -0.25) is 4.98 Å². The second kappa shape index (κ2) is 7.13. The summed E-state index contributed by atoms with van der Waals surface area (Å²) in [7, 11) is 0. The van der Waals surface area contributed by atoms with Gasteiger partial charge in [0.25, 0.3) is 0 Å². The largest absolute Gasteiger partial charge is 0.392 e. The van der Waals surface area contributed by atoms with Gasteiger partial charge in [-0.25, -0.2) is 4.57 Å². The Hall–Kier alpha value is -2.56. The van der Waals surface area contributed by atoms with Crippen molar-refractivity contribution in [3.63, 3.8) is 0 Å². The van der Waals surface area contributed by atoms with Gasteiger partial charge in [-0.1, -0.05) is 6.07 Å². The number of nitrogens with zero attached hydrogens (tertiary/aromatic N) is 2. The first-order chi connectivity index (χ1) is 11.3. The molecular weight excluding hydrogens is 288 g/mol. The predicted molar refractivity (Wildman–Crippen MR) is 87.3 cm³/mol. The molecule has 0 radical (unpaired) electrons. The molecule has 3 rings (SSSR count). The third-order valence-electron chi connectivity index (χ3n) is 3.75. The first-order valence-corrected chi connectivity index (χ1v) is 7.51. The van der Waals surface area contributed by atoms with Crippen molar-refractivity contribution in [2.24, 2.45) is 0 Å². The van der Waals surface area contributed by atoms with Gasteiger partial charge in [0.15, 0.2) is 18.9 Å². The van der Waals surface area contributed by atoms with E-state index in [-0.39, 0.29) is 13.2 Å². The summed E-state index contributed by atoms with van der Waals surface area (Å²) >= 11 is 0. The van der Waals surface area contributed by atoms with Gasteiger partial charge in [0, 0.05) is 30.1 Å². The molecule has 1 aromatic carbocycles. The highest BCUT2D eigenvalue weighted by atomic mass is 16.3. The van der Waals surface area contributed by atoms with Crippen LogP contribution in [0.15, 0.2) is 67.3 Å². The van der Waals surface area contributed by atoms with Gasteiger partial charge in [-0.05, 0) is 46.5 Å². The van der Waals surface area contributed by atoms with E-state index < -0.39 is 0 Å². The van der Waals surface area contributed by atoms with Crippen molar-refractivity contribution in [1.82, 2.24) is 4.98 Å². The van der Waals surface area contributed by atoms with Crippen molar-refractivity contribution in [3.8, 4) is 11.1 Å². The lowest BCUT2D eigenvalue weighted by atomic mass is 10.1. The van der Waals surface area contributed by atoms with Crippen molar-refractivity contribution < 1.29 is 14.8 Å². The Morgan fingerprint density at radius 3 is 1.83 bits per heavy atom. The highest BCUT2D eigenvalue weighted by Gasteiger charge is 2.07. The molecule has 116 valence electrons. The standard InChI is InChI=1S/C19H19N2O2/c22-13-16-9-15(10-17(11-16)14-23)12-21-7-3-19(4-8-21)18-1-5-20-6-2-18/h1-11,22-23H,12-14H2/q+1. The molecule has 0 bridgehead atoms. The monoisotopic (exact) mass is 307 g/mol. The third kappa shape index (κ3) is 3.80. The van der Waals surface area contributed by atoms with E-state index in [1.165, 1.54) is 0 Å². The maximum Gasteiger partial charge on any atom is 0.173 e. The van der Waals surface area contributed by atoms with E-state index in [4.69, 9.17) is 0 Å². The molecule has 0 saturated carbocycles. The first kappa shape index (κ1) is 15.3. The number of hydrogen-bond donors (Lipinski definition) is 2. The molecule has 4 heteroatoms. The van der Waals surface area contributed by atoms with Crippen LogP contribution in [0.2, 0.25) is 0 Å². The van der Waals surface area contributed by atoms with Crippen LogP contribution < -0.4 is 4.57 Å². The molecule has 0 spiro atoms. The van der Waals surface area contributed by atoms with Crippen molar-refractivity contribution in [2.45, 2.75) is 19.8 Å². The van der Waals surface area contributed by atoms with E-state index in [1.54, 1.807) is 12.4 Å². The second-order valence-corrected chi connectivity index (χ2v) is 5.47. The van der Waals surface area contributed by atoms with Crippen molar-refractivity contribution in [1.29, 1.82) is 0 Å². The fourth-order valence-corrected chi connectivity index (χ4v) is 2.62.